The van der Waals surface area contributed by atoms with E-state index < -0.39 is 0 Å². The Morgan fingerprint density at radius 1 is 0.972 bits per heavy atom. The monoisotopic (exact) mass is 482 g/mol. The van der Waals surface area contributed by atoms with Gasteiger partial charge in [0, 0.05) is 47.3 Å². The quantitative estimate of drug-likeness (QED) is 0.275. The number of hydrogen-bond acceptors (Lipinski definition) is 5. The molecule has 0 bridgehead atoms. The number of nitrogens with zero attached hydrogens (tertiary/aromatic N) is 1. The summed E-state index contributed by atoms with van der Waals surface area (Å²) in [5.74, 6) is 2.23. The first-order chi connectivity index (χ1) is 17.4. The van der Waals surface area contributed by atoms with Crippen LogP contribution in [0.5, 0.6) is 17.2 Å². The fourth-order valence-electron chi connectivity index (χ4n) is 3.98. The topological polar surface area (TPSA) is 77.5 Å². The molecule has 0 aliphatic rings. The number of amides is 1. The summed E-state index contributed by atoms with van der Waals surface area (Å²) in [5, 5.41) is 3.82. The molecule has 4 aromatic rings. The molecule has 36 heavy (non-hydrogen) atoms. The molecule has 6 heteroatoms. The zero-order valence-electron chi connectivity index (χ0n) is 21.0. The fraction of sp³-hybridized carbons (Fsp3) is 0.233. The molecule has 6 nitrogen and oxygen atoms in total. The lowest BCUT2D eigenvalue weighted by Gasteiger charge is -2.14. The van der Waals surface area contributed by atoms with Gasteiger partial charge in [0.1, 0.15) is 17.2 Å². The van der Waals surface area contributed by atoms with Gasteiger partial charge in [-0.1, -0.05) is 44.2 Å². The number of rotatable bonds is 9. The van der Waals surface area contributed by atoms with Gasteiger partial charge in [0.15, 0.2) is 5.78 Å². The summed E-state index contributed by atoms with van der Waals surface area (Å²) >= 11 is 0. The largest absolute Gasteiger partial charge is 0.497 e. The van der Waals surface area contributed by atoms with Crippen molar-refractivity contribution in [3.8, 4) is 17.2 Å². The highest BCUT2D eigenvalue weighted by Crippen LogP contribution is 2.33. The molecule has 1 heterocycles. The number of ketones is 1. The summed E-state index contributed by atoms with van der Waals surface area (Å²) in [6.07, 6.45) is 2.21. The Morgan fingerprint density at radius 2 is 1.75 bits per heavy atom. The number of carbonyl (C=O) groups excluding carboxylic acids is 2. The summed E-state index contributed by atoms with van der Waals surface area (Å²) < 4.78 is 11.5. The Balaban J connectivity index is 1.46. The zero-order chi connectivity index (χ0) is 25.7. The van der Waals surface area contributed by atoms with E-state index in [0.29, 0.717) is 41.5 Å². The Labute approximate surface area is 211 Å². The molecule has 1 amide bonds. The maximum absolute atomic E-state index is 13.0. The van der Waals surface area contributed by atoms with Gasteiger partial charge in [-0.2, -0.15) is 0 Å². The number of hydrogen-bond donors (Lipinski definition) is 1. The number of pyridine rings is 1. The van der Waals surface area contributed by atoms with Crippen LogP contribution < -0.4 is 14.8 Å². The predicted octanol–water partition coefficient (Wildman–Crippen LogP) is 6.50. The van der Waals surface area contributed by atoms with Crippen molar-refractivity contribution in [3.05, 3.63) is 95.2 Å². The van der Waals surface area contributed by atoms with E-state index in [1.165, 1.54) is 0 Å². The molecule has 0 saturated heterocycles. The molecule has 0 fully saturated rings. The minimum Gasteiger partial charge on any atom is -0.497 e. The van der Waals surface area contributed by atoms with E-state index in [9.17, 15) is 9.59 Å². The normalized spacial score (nSPS) is 10.9. The third kappa shape index (κ3) is 5.71. The van der Waals surface area contributed by atoms with Gasteiger partial charge in [-0.05, 0) is 48.7 Å². The van der Waals surface area contributed by atoms with Gasteiger partial charge in [-0.25, -0.2) is 0 Å². The van der Waals surface area contributed by atoms with Crippen molar-refractivity contribution in [2.45, 2.75) is 33.7 Å². The van der Waals surface area contributed by atoms with Crippen LogP contribution >= 0.6 is 0 Å². The van der Waals surface area contributed by atoms with Crippen molar-refractivity contribution in [2.75, 3.05) is 7.11 Å². The maximum atomic E-state index is 13.0. The average molecular weight is 483 g/mol. The number of methoxy groups -OCH3 is 1. The Kier molecular flexibility index (Phi) is 7.64. The van der Waals surface area contributed by atoms with E-state index in [2.05, 4.69) is 10.3 Å². The molecule has 4 rings (SSSR count). The molecule has 1 N–H and O–H groups in total. The van der Waals surface area contributed by atoms with Crippen molar-refractivity contribution in [1.29, 1.82) is 0 Å². The average Bonchev–Trinajstić information content (AvgIpc) is 2.88. The van der Waals surface area contributed by atoms with Crippen molar-refractivity contribution in [1.82, 2.24) is 10.3 Å². The highest BCUT2D eigenvalue weighted by atomic mass is 16.5. The summed E-state index contributed by atoms with van der Waals surface area (Å²) in [6.45, 7) is 6.28. The van der Waals surface area contributed by atoms with Crippen molar-refractivity contribution >= 4 is 22.6 Å². The van der Waals surface area contributed by atoms with E-state index >= 15 is 0 Å². The number of carbonyl (C=O) groups is 2. The summed E-state index contributed by atoms with van der Waals surface area (Å²) in [6, 6.07) is 20.2. The summed E-state index contributed by atoms with van der Waals surface area (Å²) in [7, 11) is 1.62. The van der Waals surface area contributed by atoms with Crippen LogP contribution in [0, 0.1) is 12.8 Å². The predicted molar refractivity (Wildman–Crippen MR) is 141 cm³/mol. The number of benzene rings is 3. The molecule has 0 aliphatic heterocycles. The van der Waals surface area contributed by atoms with Crippen LogP contribution in [0.1, 0.15) is 52.1 Å². The first kappa shape index (κ1) is 24.9. The maximum Gasteiger partial charge on any atom is 0.251 e. The molecule has 0 atom stereocenters. The van der Waals surface area contributed by atoms with Gasteiger partial charge < -0.3 is 14.8 Å². The molecule has 0 radical (unpaired) electrons. The first-order valence-corrected chi connectivity index (χ1v) is 12.0. The van der Waals surface area contributed by atoms with Crippen LogP contribution in [0.3, 0.4) is 0 Å². The second kappa shape index (κ2) is 11.0. The van der Waals surface area contributed by atoms with Gasteiger partial charge in [-0.3, -0.25) is 14.6 Å². The molecule has 184 valence electrons. The third-order valence-electron chi connectivity index (χ3n) is 5.98. The van der Waals surface area contributed by atoms with Gasteiger partial charge >= 0.3 is 0 Å². The van der Waals surface area contributed by atoms with Crippen LogP contribution in [0.2, 0.25) is 0 Å². The molecule has 0 spiro atoms. The molecular formula is C30H30N2O4. The summed E-state index contributed by atoms with van der Waals surface area (Å²) in [5.41, 5.74) is 3.66. The Bertz CT molecular complexity index is 1390. The highest BCUT2D eigenvalue weighted by molar-refractivity contribution is 5.97. The van der Waals surface area contributed by atoms with E-state index in [-0.39, 0.29) is 11.7 Å². The number of fused-ring (bicyclic) bond motifs is 1. The van der Waals surface area contributed by atoms with Crippen molar-refractivity contribution in [2.24, 2.45) is 5.92 Å². The van der Waals surface area contributed by atoms with E-state index in [1.807, 2.05) is 69.3 Å². The lowest BCUT2D eigenvalue weighted by atomic mass is 10.0. The molecule has 0 saturated carbocycles. The van der Waals surface area contributed by atoms with Gasteiger partial charge in [0.05, 0.1) is 12.6 Å². The first-order valence-electron chi connectivity index (χ1n) is 12.0. The smallest absolute Gasteiger partial charge is 0.251 e. The third-order valence-corrected chi connectivity index (χ3v) is 5.98. The number of ether oxygens (including phenoxy) is 2. The van der Waals surface area contributed by atoms with Crippen molar-refractivity contribution < 1.29 is 19.1 Å². The lowest BCUT2D eigenvalue weighted by molar-refractivity contribution is 0.0946. The second-order valence-corrected chi connectivity index (χ2v) is 9.12. The molecule has 0 unspecified atom stereocenters. The summed E-state index contributed by atoms with van der Waals surface area (Å²) in [4.78, 5) is 29.6. The van der Waals surface area contributed by atoms with Crippen LogP contribution in [-0.2, 0) is 6.54 Å². The van der Waals surface area contributed by atoms with Gasteiger partial charge in [0.2, 0.25) is 0 Å². The Morgan fingerprint density at radius 3 is 2.47 bits per heavy atom. The highest BCUT2D eigenvalue weighted by Gasteiger charge is 2.15. The van der Waals surface area contributed by atoms with E-state index in [0.717, 1.165) is 27.8 Å². The minimum absolute atomic E-state index is 0.133. The van der Waals surface area contributed by atoms with Crippen LogP contribution in [-0.4, -0.2) is 23.8 Å². The molecular weight excluding hydrogens is 452 g/mol. The van der Waals surface area contributed by atoms with E-state index in [4.69, 9.17) is 9.47 Å². The molecule has 3 aromatic carbocycles. The number of nitrogens with one attached hydrogen (secondary N) is 1. The zero-order valence-corrected chi connectivity index (χ0v) is 21.0. The van der Waals surface area contributed by atoms with Crippen molar-refractivity contribution in [3.63, 3.8) is 0 Å². The fourth-order valence-corrected chi connectivity index (χ4v) is 3.98. The Hall–Kier alpha value is -4.19. The van der Waals surface area contributed by atoms with E-state index in [1.54, 1.807) is 31.5 Å². The minimum atomic E-state index is -0.192. The van der Waals surface area contributed by atoms with Crippen LogP contribution in [0.4, 0.5) is 0 Å². The van der Waals surface area contributed by atoms with Gasteiger partial charge in [0.25, 0.3) is 5.91 Å². The number of Topliss-reactive ketones (excluding diaryl/α,β-unsaturated/α-hetero) is 1. The second-order valence-electron chi connectivity index (χ2n) is 9.12. The number of aromatic nitrogens is 1. The molecule has 0 aliphatic carbocycles. The standard InChI is InChI=1S/C30H30N2O4/c1-19(2)16-27(33)22-10-8-21(9-11-22)18-32-30(34)24-6-5-7-28(20(24)3)36-29-14-15-31-26-17-23(35-4)12-13-25(26)29/h5-15,17,19H,16,18H2,1-4H3,(H,32,34). The van der Waals surface area contributed by atoms with Crippen LogP contribution in [0.25, 0.3) is 10.9 Å². The SMILES string of the molecule is COc1ccc2c(Oc3cccc(C(=O)NCc4ccc(C(=O)CC(C)C)cc4)c3C)ccnc2c1. The van der Waals surface area contributed by atoms with Gasteiger partial charge in [-0.15, -0.1) is 0 Å². The lowest BCUT2D eigenvalue weighted by Crippen LogP contribution is -2.23. The van der Waals surface area contributed by atoms with Crippen LogP contribution in [0.15, 0.2) is 72.9 Å². The molecule has 1 aromatic heterocycles.